The zero-order valence-electron chi connectivity index (χ0n) is 11.5. The lowest BCUT2D eigenvalue weighted by atomic mass is 10.0. The third-order valence-corrected chi connectivity index (χ3v) is 5.55. The zero-order chi connectivity index (χ0) is 13.8. The number of alkyl halides is 1. The van der Waals surface area contributed by atoms with Gasteiger partial charge in [0.25, 0.3) is 10.2 Å². The maximum Gasteiger partial charge on any atom is 0.279 e. The summed E-state index contributed by atoms with van der Waals surface area (Å²) in [6.45, 7) is 6.63. The number of nitrogens with one attached hydrogen (secondary N) is 1. The van der Waals surface area contributed by atoms with Gasteiger partial charge < -0.3 is 0 Å². The highest BCUT2D eigenvalue weighted by Gasteiger charge is 2.31. The minimum absolute atomic E-state index is 0.0818. The van der Waals surface area contributed by atoms with Crippen molar-refractivity contribution in [3.63, 3.8) is 0 Å². The molecule has 1 N–H and O–H groups in total. The van der Waals surface area contributed by atoms with E-state index in [0.717, 1.165) is 19.3 Å². The fourth-order valence-electron chi connectivity index (χ4n) is 2.33. The molecule has 2 atom stereocenters. The molecule has 1 aliphatic heterocycles. The molecule has 0 amide bonds. The Kier molecular flexibility index (Phi) is 6.38. The number of hydrogen-bond acceptors (Lipinski definition) is 2. The predicted octanol–water partition coefficient (Wildman–Crippen LogP) is 2.35. The summed E-state index contributed by atoms with van der Waals surface area (Å²) in [6.07, 6.45) is 3.68. The summed E-state index contributed by atoms with van der Waals surface area (Å²) in [5, 5.41) is 0. The molecular formula is C12H25ClN2O2S. The Morgan fingerprint density at radius 3 is 2.56 bits per heavy atom. The Labute approximate surface area is 116 Å². The number of nitrogens with zero attached hydrogens (tertiary/aromatic N) is 1. The molecule has 0 aromatic carbocycles. The second-order valence-electron chi connectivity index (χ2n) is 5.41. The van der Waals surface area contributed by atoms with E-state index in [4.69, 9.17) is 11.6 Å². The lowest BCUT2D eigenvalue weighted by molar-refractivity contribution is 0.261. The van der Waals surface area contributed by atoms with Crippen molar-refractivity contribution in [2.75, 3.05) is 12.4 Å². The van der Waals surface area contributed by atoms with Crippen LogP contribution < -0.4 is 4.72 Å². The first kappa shape index (κ1) is 16.2. The summed E-state index contributed by atoms with van der Waals surface area (Å²) in [4.78, 5) is 0. The summed E-state index contributed by atoms with van der Waals surface area (Å²) >= 11 is 5.74. The molecule has 6 heteroatoms. The van der Waals surface area contributed by atoms with Gasteiger partial charge in [0.1, 0.15) is 0 Å². The topological polar surface area (TPSA) is 49.4 Å². The first-order valence-electron chi connectivity index (χ1n) is 6.73. The van der Waals surface area contributed by atoms with Crippen molar-refractivity contribution < 1.29 is 8.42 Å². The lowest BCUT2D eigenvalue weighted by Crippen LogP contribution is -2.51. The summed E-state index contributed by atoms with van der Waals surface area (Å²) in [5.41, 5.74) is 0. The number of halogens is 1. The molecule has 0 spiro atoms. The molecule has 1 rings (SSSR count). The molecule has 1 heterocycles. The average Bonchev–Trinajstić information content (AvgIpc) is 2.28. The van der Waals surface area contributed by atoms with E-state index in [1.54, 1.807) is 4.31 Å². The minimum atomic E-state index is -3.37. The third-order valence-electron chi connectivity index (χ3n) is 3.58. The Bertz CT molecular complexity index is 346. The van der Waals surface area contributed by atoms with E-state index in [9.17, 15) is 8.42 Å². The van der Waals surface area contributed by atoms with Gasteiger partial charge in [0.2, 0.25) is 0 Å². The van der Waals surface area contributed by atoms with E-state index in [-0.39, 0.29) is 18.0 Å². The molecule has 2 unspecified atom stereocenters. The SMILES string of the molecule is CC(C)C(CCCl)NS(=O)(=O)N1CCCCC1C. The summed E-state index contributed by atoms with van der Waals surface area (Å²) in [5.74, 6) is 0.722. The van der Waals surface area contributed by atoms with Gasteiger partial charge in [-0.3, -0.25) is 0 Å². The molecule has 0 radical (unpaired) electrons. The molecule has 0 aromatic rings. The predicted molar refractivity (Wildman–Crippen MR) is 76.0 cm³/mol. The van der Waals surface area contributed by atoms with E-state index in [1.165, 1.54) is 0 Å². The number of rotatable bonds is 6. The largest absolute Gasteiger partial charge is 0.279 e. The van der Waals surface area contributed by atoms with Gasteiger partial charge in [0, 0.05) is 24.5 Å². The van der Waals surface area contributed by atoms with Crippen LogP contribution in [0.2, 0.25) is 0 Å². The van der Waals surface area contributed by atoms with Crippen molar-refractivity contribution >= 4 is 21.8 Å². The standard InChI is InChI=1S/C12H25ClN2O2S/c1-10(2)12(7-8-13)14-18(16,17)15-9-5-4-6-11(15)3/h10-12,14H,4-9H2,1-3H3. The molecule has 0 aliphatic carbocycles. The van der Waals surface area contributed by atoms with Gasteiger partial charge in [-0.2, -0.15) is 17.4 Å². The highest BCUT2D eigenvalue weighted by Crippen LogP contribution is 2.20. The second kappa shape index (κ2) is 7.08. The van der Waals surface area contributed by atoms with Crippen molar-refractivity contribution in [2.45, 2.75) is 58.5 Å². The van der Waals surface area contributed by atoms with Crippen LogP contribution >= 0.6 is 11.6 Å². The fourth-order valence-corrected chi connectivity index (χ4v) is 4.43. The molecule has 4 nitrogen and oxygen atoms in total. The Morgan fingerprint density at radius 2 is 2.06 bits per heavy atom. The number of piperidine rings is 1. The molecule has 108 valence electrons. The van der Waals surface area contributed by atoms with Crippen molar-refractivity contribution in [1.29, 1.82) is 0 Å². The number of hydrogen-bond donors (Lipinski definition) is 1. The van der Waals surface area contributed by atoms with Gasteiger partial charge in [-0.25, -0.2) is 0 Å². The fraction of sp³-hybridized carbons (Fsp3) is 1.00. The van der Waals surface area contributed by atoms with Crippen molar-refractivity contribution in [2.24, 2.45) is 5.92 Å². The zero-order valence-corrected chi connectivity index (χ0v) is 13.1. The normalized spacial score (nSPS) is 24.4. The van der Waals surface area contributed by atoms with Crippen LogP contribution in [-0.4, -0.2) is 37.2 Å². The van der Waals surface area contributed by atoms with Crippen molar-refractivity contribution in [1.82, 2.24) is 9.03 Å². The van der Waals surface area contributed by atoms with E-state index in [2.05, 4.69) is 4.72 Å². The van der Waals surface area contributed by atoms with Crippen molar-refractivity contribution in [3.05, 3.63) is 0 Å². The van der Waals surface area contributed by atoms with Gasteiger partial charge in [-0.1, -0.05) is 20.3 Å². The van der Waals surface area contributed by atoms with Gasteiger partial charge in [-0.15, -0.1) is 11.6 Å². The molecule has 18 heavy (non-hydrogen) atoms. The molecule has 0 saturated carbocycles. The average molecular weight is 297 g/mol. The van der Waals surface area contributed by atoms with Gasteiger partial charge in [0.05, 0.1) is 0 Å². The van der Waals surface area contributed by atoms with E-state index < -0.39 is 10.2 Å². The highest BCUT2D eigenvalue weighted by molar-refractivity contribution is 7.87. The smallest absolute Gasteiger partial charge is 0.199 e. The van der Waals surface area contributed by atoms with Crippen LogP contribution in [0.3, 0.4) is 0 Å². The van der Waals surface area contributed by atoms with Crippen LogP contribution in [-0.2, 0) is 10.2 Å². The third kappa shape index (κ3) is 4.37. The van der Waals surface area contributed by atoms with Gasteiger partial charge >= 0.3 is 0 Å². The maximum absolute atomic E-state index is 12.4. The molecule has 0 aromatic heterocycles. The quantitative estimate of drug-likeness (QED) is 0.765. The lowest BCUT2D eigenvalue weighted by Gasteiger charge is -2.34. The highest BCUT2D eigenvalue weighted by atomic mass is 35.5. The minimum Gasteiger partial charge on any atom is -0.199 e. The Hall–Kier alpha value is 0.160. The van der Waals surface area contributed by atoms with E-state index in [0.29, 0.717) is 18.8 Å². The van der Waals surface area contributed by atoms with Gasteiger partial charge in [-0.05, 0) is 32.1 Å². The molecule has 0 bridgehead atoms. The molecule has 1 saturated heterocycles. The summed E-state index contributed by atoms with van der Waals surface area (Å²) in [6, 6.07) is 0.0155. The van der Waals surface area contributed by atoms with Gasteiger partial charge in [0.15, 0.2) is 0 Å². The second-order valence-corrected chi connectivity index (χ2v) is 7.44. The monoisotopic (exact) mass is 296 g/mol. The van der Waals surface area contributed by atoms with Crippen LogP contribution in [0, 0.1) is 5.92 Å². The first-order valence-corrected chi connectivity index (χ1v) is 8.71. The van der Waals surface area contributed by atoms with E-state index >= 15 is 0 Å². The summed E-state index contributed by atoms with van der Waals surface area (Å²) < 4.78 is 29.1. The Morgan fingerprint density at radius 1 is 1.39 bits per heavy atom. The summed E-state index contributed by atoms with van der Waals surface area (Å²) in [7, 11) is -3.37. The van der Waals surface area contributed by atoms with E-state index in [1.807, 2.05) is 20.8 Å². The Balaban J connectivity index is 2.72. The molecular weight excluding hydrogens is 272 g/mol. The molecule has 1 aliphatic rings. The van der Waals surface area contributed by atoms with Crippen LogP contribution in [0.5, 0.6) is 0 Å². The van der Waals surface area contributed by atoms with Crippen LogP contribution in [0.15, 0.2) is 0 Å². The maximum atomic E-state index is 12.4. The van der Waals surface area contributed by atoms with Crippen molar-refractivity contribution in [3.8, 4) is 0 Å². The first-order chi connectivity index (χ1) is 8.38. The van der Waals surface area contributed by atoms with Crippen LogP contribution in [0.1, 0.15) is 46.5 Å². The van der Waals surface area contributed by atoms with Crippen LogP contribution in [0.4, 0.5) is 0 Å². The molecule has 1 fully saturated rings. The van der Waals surface area contributed by atoms with Crippen LogP contribution in [0.25, 0.3) is 0 Å².